The first kappa shape index (κ1) is 31.8. The van der Waals surface area contributed by atoms with E-state index in [1.165, 1.54) is 18.2 Å². The maximum absolute atomic E-state index is 13.1. The molecule has 0 unspecified atom stereocenters. The molecule has 0 atom stereocenters. The van der Waals surface area contributed by atoms with Crippen LogP contribution in [0.4, 0.5) is 18.9 Å². The average molecular weight is 714 g/mol. The van der Waals surface area contributed by atoms with Crippen LogP contribution in [0.3, 0.4) is 0 Å². The summed E-state index contributed by atoms with van der Waals surface area (Å²) in [6, 6.07) is 22.9. The summed E-state index contributed by atoms with van der Waals surface area (Å²) in [6.45, 7) is 2.27. The van der Waals surface area contributed by atoms with E-state index in [1.54, 1.807) is 16.9 Å². The number of unbranched alkanes of at least 4 members (excludes halogenated alkanes) is 1. The van der Waals surface area contributed by atoms with Gasteiger partial charge in [-0.25, -0.2) is 9.97 Å². The molecule has 0 saturated carbocycles. The lowest BCUT2D eigenvalue weighted by molar-refractivity contribution is -0.0429. The summed E-state index contributed by atoms with van der Waals surface area (Å²) in [7, 11) is -5.65. The molecular formula is C33H28BrF3N4O4S. The average Bonchev–Trinajstić information content (AvgIpc) is 3.55. The van der Waals surface area contributed by atoms with Crippen molar-refractivity contribution in [3.63, 3.8) is 0 Å². The highest BCUT2D eigenvalue weighted by atomic mass is 79.9. The molecule has 3 heterocycles. The Morgan fingerprint density at radius 3 is 2.43 bits per heavy atom. The van der Waals surface area contributed by atoms with Crippen molar-refractivity contribution in [1.82, 2.24) is 14.5 Å². The number of para-hydroxylation sites is 1. The molecule has 0 radical (unpaired) electrons. The second-order valence-corrected chi connectivity index (χ2v) is 13.2. The van der Waals surface area contributed by atoms with Gasteiger partial charge in [0.1, 0.15) is 16.9 Å². The summed E-state index contributed by atoms with van der Waals surface area (Å²) in [4.78, 5) is 9.80. The molecule has 46 heavy (non-hydrogen) atoms. The molecule has 0 amide bonds. The van der Waals surface area contributed by atoms with E-state index in [1.807, 2.05) is 53.1 Å². The van der Waals surface area contributed by atoms with Crippen molar-refractivity contribution in [2.75, 3.05) is 4.72 Å². The third kappa shape index (κ3) is 6.02. The van der Waals surface area contributed by atoms with Gasteiger partial charge in [0.25, 0.3) is 0 Å². The van der Waals surface area contributed by atoms with Crippen LogP contribution in [0.1, 0.15) is 36.8 Å². The van der Waals surface area contributed by atoms with Gasteiger partial charge in [-0.3, -0.25) is 4.72 Å². The van der Waals surface area contributed by atoms with Gasteiger partial charge in [-0.2, -0.15) is 21.6 Å². The molecule has 6 aromatic rings. The van der Waals surface area contributed by atoms with Crippen molar-refractivity contribution in [2.45, 2.75) is 44.8 Å². The molecule has 3 aromatic heterocycles. The minimum atomic E-state index is -5.65. The Bertz CT molecular complexity index is 2160. The Balaban J connectivity index is 1.41. The van der Waals surface area contributed by atoms with Crippen molar-refractivity contribution < 1.29 is 31.1 Å². The minimum absolute atomic E-state index is 0.136. The molecule has 0 saturated heterocycles. The van der Waals surface area contributed by atoms with Crippen LogP contribution in [0.25, 0.3) is 44.6 Å². The van der Waals surface area contributed by atoms with Crippen LogP contribution in [-0.4, -0.2) is 33.6 Å². The van der Waals surface area contributed by atoms with Crippen molar-refractivity contribution in [3.05, 3.63) is 100 Å². The number of imidazole rings is 1. The highest BCUT2D eigenvalue weighted by molar-refractivity contribution is 9.10. The van der Waals surface area contributed by atoms with Gasteiger partial charge in [0.15, 0.2) is 11.4 Å². The number of aryl methyl sites for hydroxylation is 1. The van der Waals surface area contributed by atoms with Crippen LogP contribution in [0, 0.1) is 0 Å². The Kier molecular flexibility index (Phi) is 8.66. The van der Waals surface area contributed by atoms with E-state index in [0.29, 0.717) is 38.8 Å². The van der Waals surface area contributed by atoms with Crippen LogP contribution >= 0.6 is 15.9 Å². The lowest BCUT2D eigenvalue weighted by Gasteiger charge is -2.13. The van der Waals surface area contributed by atoms with Crippen molar-refractivity contribution in [2.24, 2.45) is 0 Å². The van der Waals surface area contributed by atoms with Gasteiger partial charge in [0.05, 0.1) is 29.0 Å². The van der Waals surface area contributed by atoms with Gasteiger partial charge in [-0.15, -0.1) is 0 Å². The standard InChI is InChI=1S/C33H28BrF3N4O4S/c1-2-3-13-29-38-26-17-23(21-9-5-4-6-10-21)27(19-42)39-32(26)41(29)18-20-14-15-28-24(16-20)30(34)31(45-28)22-11-7-8-12-25(22)40-46(43,44)33(35,36)37/h4-12,14-17,40,42H,2-3,13,18-19H2,1H3. The van der Waals surface area contributed by atoms with E-state index in [9.17, 15) is 26.7 Å². The van der Waals surface area contributed by atoms with Crippen LogP contribution in [0.2, 0.25) is 0 Å². The Morgan fingerprint density at radius 2 is 1.72 bits per heavy atom. The molecule has 0 bridgehead atoms. The van der Waals surface area contributed by atoms with Crippen LogP contribution in [-0.2, 0) is 29.6 Å². The fraction of sp³-hybridized carbons (Fsp3) is 0.212. The number of nitrogens with zero attached hydrogens (tertiary/aromatic N) is 3. The lowest BCUT2D eigenvalue weighted by Crippen LogP contribution is -2.30. The number of rotatable bonds is 10. The molecule has 0 fully saturated rings. The SMILES string of the molecule is CCCCc1nc2cc(-c3ccccc3)c(CO)nc2n1Cc1ccc2oc(-c3ccccc3NS(=O)(=O)C(F)(F)F)c(Br)c2c1. The second-order valence-electron chi connectivity index (χ2n) is 10.7. The smallest absolute Gasteiger partial charge is 0.455 e. The first-order valence-corrected chi connectivity index (χ1v) is 16.7. The molecule has 13 heteroatoms. The predicted octanol–water partition coefficient (Wildman–Crippen LogP) is 8.42. The number of aliphatic hydroxyl groups is 1. The molecular weight excluding hydrogens is 685 g/mol. The summed E-state index contributed by atoms with van der Waals surface area (Å²) in [5, 5.41) is 10.9. The third-order valence-electron chi connectivity index (χ3n) is 7.62. The first-order valence-electron chi connectivity index (χ1n) is 14.5. The highest BCUT2D eigenvalue weighted by Gasteiger charge is 2.46. The Morgan fingerprint density at radius 1 is 0.978 bits per heavy atom. The summed E-state index contributed by atoms with van der Waals surface area (Å²) in [5.74, 6) is 1.03. The largest absolute Gasteiger partial charge is 0.516 e. The molecule has 2 N–H and O–H groups in total. The summed E-state index contributed by atoms with van der Waals surface area (Å²) in [5.41, 5.74) is -0.634. The topological polar surface area (TPSA) is 110 Å². The summed E-state index contributed by atoms with van der Waals surface area (Å²) < 4.78 is 73.3. The normalized spacial score (nSPS) is 12.3. The van der Waals surface area contributed by atoms with E-state index in [0.717, 1.165) is 41.8 Å². The number of pyridine rings is 1. The van der Waals surface area contributed by atoms with Gasteiger partial charge in [0.2, 0.25) is 0 Å². The number of sulfonamides is 1. The fourth-order valence-corrected chi connectivity index (χ4v) is 6.54. The molecule has 238 valence electrons. The number of aromatic nitrogens is 3. The Labute approximate surface area is 271 Å². The summed E-state index contributed by atoms with van der Waals surface area (Å²) >= 11 is 3.54. The zero-order valence-corrected chi connectivity index (χ0v) is 26.9. The maximum Gasteiger partial charge on any atom is 0.516 e. The van der Waals surface area contributed by atoms with Crippen molar-refractivity contribution in [3.8, 4) is 22.5 Å². The molecule has 6 rings (SSSR count). The zero-order valence-electron chi connectivity index (χ0n) is 24.5. The van der Waals surface area contributed by atoms with Gasteiger partial charge < -0.3 is 14.1 Å². The van der Waals surface area contributed by atoms with E-state index >= 15 is 0 Å². The number of fused-ring (bicyclic) bond motifs is 2. The number of halogens is 4. The van der Waals surface area contributed by atoms with Gasteiger partial charge in [0, 0.05) is 22.9 Å². The molecule has 0 aliphatic carbocycles. The molecule has 0 spiro atoms. The molecule has 0 aliphatic rings. The van der Waals surface area contributed by atoms with Crippen molar-refractivity contribution >= 4 is 53.8 Å². The Hall–Kier alpha value is -4.20. The van der Waals surface area contributed by atoms with Crippen LogP contribution < -0.4 is 4.72 Å². The van der Waals surface area contributed by atoms with Crippen LogP contribution in [0.15, 0.2) is 87.8 Å². The number of benzene rings is 3. The fourth-order valence-electron chi connectivity index (χ4n) is 5.35. The monoisotopic (exact) mass is 712 g/mol. The van der Waals surface area contributed by atoms with E-state index in [-0.39, 0.29) is 23.6 Å². The van der Waals surface area contributed by atoms with E-state index in [4.69, 9.17) is 14.4 Å². The van der Waals surface area contributed by atoms with Crippen LogP contribution in [0.5, 0.6) is 0 Å². The molecule has 3 aromatic carbocycles. The number of hydrogen-bond acceptors (Lipinski definition) is 6. The lowest BCUT2D eigenvalue weighted by atomic mass is 10.0. The zero-order chi connectivity index (χ0) is 32.6. The predicted molar refractivity (Wildman–Crippen MR) is 175 cm³/mol. The number of hydrogen-bond donors (Lipinski definition) is 2. The number of anilines is 1. The van der Waals surface area contributed by atoms with Gasteiger partial charge in [-0.1, -0.05) is 61.9 Å². The number of furan rings is 1. The maximum atomic E-state index is 13.1. The van der Waals surface area contributed by atoms with Gasteiger partial charge in [-0.05, 0) is 63.8 Å². The van der Waals surface area contributed by atoms with Crippen molar-refractivity contribution in [1.29, 1.82) is 0 Å². The third-order valence-corrected chi connectivity index (χ3v) is 9.51. The number of alkyl halides is 3. The molecule has 8 nitrogen and oxygen atoms in total. The highest BCUT2D eigenvalue weighted by Crippen LogP contribution is 2.42. The van der Waals surface area contributed by atoms with Gasteiger partial charge >= 0.3 is 15.5 Å². The molecule has 0 aliphatic heterocycles. The minimum Gasteiger partial charge on any atom is -0.455 e. The number of nitrogens with one attached hydrogen (secondary N) is 1. The summed E-state index contributed by atoms with van der Waals surface area (Å²) in [6.07, 6.45) is 2.63. The number of aliphatic hydroxyl groups excluding tert-OH is 1. The second kappa shape index (κ2) is 12.5. The van der Waals surface area contributed by atoms with E-state index < -0.39 is 15.5 Å². The first-order chi connectivity index (χ1) is 22.0. The quantitative estimate of drug-likeness (QED) is 0.148. The van der Waals surface area contributed by atoms with E-state index in [2.05, 4.69) is 22.9 Å².